The van der Waals surface area contributed by atoms with E-state index in [1.165, 1.54) is 0 Å². The molecule has 5 heteroatoms. The molecule has 0 aliphatic carbocycles. The molecule has 72 valence electrons. The minimum absolute atomic E-state index is 0.0162. The molecule has 0 radical (unpaired) electrons. The second kappa shape index (κ2) is 4.86. The van der Waals surface area contributed by atoms with E-state index in [9.17, 15) is 13.2 Å². The van der Waals surface area contributed by atoms with Crippen molar-refractivity contribution in [1.29, 1.82) is 0 Å². The maximum atomic E-state index is 12.5. The Kier molecular flexibility index (Phi) is 4.07. The van der Waals surface area contributed by atoms with E-state index >= 15 is 0 Å². The van der Waals surface area contributed by atoms with Gasteiger partial charge < -0.3 is 4.43 Å². The van der Waals surface area contributed by atoms with Crippen molar-refractivity contribution in [2.45, 2.75) is 37.5 Å². The summed E-state index contributed by atoms with van der Waals surface area (Å²) in [5, 5.41) is 0. The quantitative estimate of drug-likeness (QED) is 0.631. The van der Waals surface area contributed by atoms with Crippen LogP contribution < -0.4 is 0 Å². The Hall–Kier alpha value is -0.0331. The summed E-state index contributed by atoms with van der Waals surface area (Å²) in [6.07, 6.45) is -2.77. The summed E-state index contributed by atoms with van der Waals surface area (Å²) in [5.41, 5.74) is 0. The predicted octanol–water partition coefficient (Wildman–Crippen LogP) is 2.12. The van der Waals surface area contributed by atoms with Crippen LogP contribution in [0.25, 0.3) is 0 Å². The second-order valence-electron chi connectivity index (χ2n) is 3.07. The lowest BCUT2D eigenvalue weighted by Gasteiger charge is -2.22. The van der Waals surface area contributed by atoms with Gasteiger partial charge in [-0.1, -0.05) is 6.42 Å². The Morgan fingerprint density at radius 1 is 1.25 bits per heavy atom. The molecule has 1 aliphatic rings. The van der Waals surface area contributed by atoms with Gasteiger partial charge in [-0.15, -0.1) is 0 Å². The molecule has 0 bridgehead atoms. The van der Waals surface area contributed by atoms with E-state index in [0.717, 1.165) is 18.9 Å². The first-order chi connectivity index (χ1) is 5.70. The van der Waals surface area contributed by atoms with Crippen LogP contribution in [0.1, 0.15) is 12.8 Å². The van der Waals surface area contributed by atoms with Crippen LogP contribution in [0.5, 0.6) is 0 Å². The highest BCUT2D eigenvalue weighted by molar-refractivity contribution is 6.52. The Morgan fingerprint density at radius 3 is 2.50 bits per heavy atom. The van der Waals surface area contributed by atoms with Gasteiger partial charge in [0.05, 0.1) is 0 Å². The SMILES string of the molecule is FC(F)C(F)C[SiH]1CCCCO1. The number of hydrogen-bond acceptors (Lipinski definition) is 1. The van der Waals surface area contributed by atoms with Crippen molar-refractivity contribution in [2.24, 2.45) is 0 Å². The van der Waals surface area contributed by atoms with Crippen LogP contribution in [0.4, 0.5) is 13.2 Å². The zero-order chi connectivity index (χ0) is 8.97. The molecule has 0 aromatic heterocycles. The van der Waals surface area contributed by atoms with Crippen LogP contribution in [0.2, 0.25) is 12.1 Å². The minimum atomic E-state index is -2.83. The molecule has 0 aromatic carbocycles. The number of halogens is 3. The third-order valence-electron chi connectivity index (χ3n) is 2.04. The van der Waals surface area contributed by atoms with Gasteiger partial charge >= 0.3 is 0 Å². The Balaban J connectivity index is 2.20. The molecule has 2 atom stereocenters. The third kappa shape index (κ3) is 3.14. The van der Waals surface area contributed by atoms with Crippen molar-refractivity contribution >= 4 is 9.04 Å². The molecular weight excluding hydrogens is 185 g/mol. The van der Waals surface area contributed by atoms with Gasteiger partial charge in [0.1, 0.15) is 0 Å². The summed E-state index contributed by atoms with van der Waals surface area (Å²) in [7, 11) is -1.60. The summed E-state index contributed by atoms with van der Waals surface area (Å²) in [4.78, 5) is 0. The Morgan fingerprint density at radius 2 is 2.00 bits per heavy atom. The second-order valence-corrected chi connectivity index (χ2v) is 5.70. The lowest BCUT2D eigenvalue weighted by molar-refractivity contribution is 0.0574. The molecular formula is C7H13F3OSi. The lowest BCUT2D eigenvalue weighted by Crippen LogP contribution is -2.28. The van der Waals surface area contributed by atoms with Gasteiger partial charge in [-0.3, -0.25) is 0 Å². The molecule has 1 rings (SSSR count). The fourth-order valence-corrected chi connectivity index (χ4v) is 3.84. The van der Waals surface area contributed by atoms with Gasteiger partial charge in [0, 0.05) is 12.7 Å². The van der Waals surface area contributed by atoms with Crippen molar-refractivity contribution in [3.05, 3.63) is 0 Å². The maximum Gasteiger partial charge on any atom is 0.269 e. The summed E-state index contributed by atoms with van der Waals surface area (Å²) in [5.74, 6) is 0. The fraction of sp³-hybridized carbons (Fsp3) is 1.00. The van der Waals surface area contributed by atoms with E-state index in [2.05, 4.69) is 0 Å². The van der Waals surface area contributed by atoms with Crippen LogP contribution in [0.3, 0.4) is 0 Å². The van der Waals surface area contributed by atoms with Crippen LogP contribution in [-0.2, 0) is 4.43 Å². The normalized spacial score (nSPS) is 27.5. The van der Waals surface area contributed by atoms with Crippen molar-refractivity contribution in [3.8, 4) is 0 Å². The van der Waals surface area contributed by atoms with Crippen LogP contribution in [0, 0.1) is 0 Å². The Labute approximate surface area is 71.6 Å². The van der Waals surface area contributed by atoms with E-state index in [-0.39, 0.29) is 6.04 Å². The smallest absolute Gasteiger partial charge is 0.269 e. The lowest BCUT2D eigenvalue weighted by atomic mass is 10.4. The topological polar surface area (TPSA) is 9.23 Å². The van der Waals surface area contributed by atoms with E-state index in [1.54, 1.807) is 0 Å². The van der Waals surface area contributed by atoms with Crippen molar-refractivity contribution in [1.82, 2.24) is 0 Å². The average molecular weight is 198 g/mol. The van der Waals surface area contributed by atoms with Crippen LogP contribution >= 0.6 is 0 Å². The fourth-order valence-electron chi connectivity index (χ4n) is 1.35. The molecule has 12 heavy (non-hydrogen) atoms. The third-order valence-corrected chi connectivity index (χ3v) is 4.77. The molecule has 1 nitrogen and oxygen atoms in total. The Bertz CT molecular complexity index is 128. The summed E-state index contributed by atoms with van der Waals surface area (Å²) < 4.78 is 41.3. The minimum Gasteiger partial charge on any atom is -0.420 e. The van der Waals surface area contributed by atoms with Crippen LogP contribution in [-0.4, -0.2) is 28.2 Å². The summed E-state index contributed by atoms with van der Waals surface area (Å²) >= 11 is 0. The first-order valence-electron chi connectivity index (χ1n) is 4.24. The first kappa shape index (κ1) is 10.1. The van der Waals surface area contributed by atoms with E-state index in [4.69, 9.17) is 4.43 Å². The molecule has 0 saturated carbocycles. The van der Waals surface area contributed by atoms with Gasteiger partial charge in [0.2, 0.25) is 0 Å². The summed E-state index contributed by atoms with van der Waals surface area (Å²) in [6, 6.07) is 0.838. The summed E-state index contributed by atoms with van der Waals surface area (Å²) in [6.45, 7) is 0.646. The molecule has 1 fully saturated rings. The first-order valence-corrected chi connectivity index (χ1v) is 6.34. The van der Waals surface area contributed by atoms with Gasteiger partial charge in [0.25, 0.3) is 6.43 Å². The van der Waals surface area contributed by atoms with Gasteiger partial charge in [0.15, 0.2) is 15.2 Å². The molecule has 0 amide bonds. The molecule has 1 aliphatic heterocycles. The van der Waals surface area contributed by atoms with Gasteiger partial charge in [-0.25, -0.2) is 13.2 Å². The van der Waals surface area contributed by atoms with E-state index in [1.807, 2.05) is 0 Å². The van der Waals surface area contributed by atoms with Crippen molar-refractivity contribution in [2.75, 3.05) is 6.61 Å². The average Bonchev–Trinajstić information content (AvgIpc) is 2.06. The molecule has 2 unspecified atom stereocenters. The number of rotatable bonds is 3. The number of alkyl halides is 3. The largest absolute Gasteiger partial charge is 0.420 e. The molecule has 1 saturated heterocycles. The van der Waals surface area contributed by atoms with Gasteiger partial charge in [-0.05, 0) is 12.5 Å². The molecule has 0 N–H and O–H groups in total. The highest BCUT2D eigenvalue weighted by Crippen LogP contribution is 2.20. The zero-order valence-corrected chi connectivity index (χ0v) is 7.96. The van der Waals surface area contributed by atoms with E-state index in [0.29, 0.717) is 6.61 Å². The standard InChI is InChI=1S/C7H13F3OSi/c8-6(7(9)10)5-12-4-2-1-3-11-12/h6-7,12H,1-5H2. The maximum absolute atomic E-state index is 12.5. The highest BCUT2D eigenvalue weighted by Gasteiger charge is 2.26. The van der Waals surface area contributed by atoms with Crippen LogP contribution in [0.15, 0.2) is 0 Å². The highest BCUT2D eigenvalue weighted by atomic mass is 28.3. The van der Waals surface area contributed by atoms with Crippen molar-refractivity contribution in [3.63, 3.8) is 0 Å². The zero-order valence-electron chi connectivity index (χ0n) is 6.81. The number of hydrogen-bond donors (Lipinski definition) is 0. The molecule has 0 spiro atoms. The molecule has 1 heterocycles. The monoisotopic (exact) mass is 198 g/mol. The van der Waals surface area contributed by atoms with E-state index < -0.39 is 21.6 Å². The van der Waals surface area contributed by atoms with Crippen molar-refractivity contribution < 1.29 is 17.6 Å². The molecule has 0 aromatic rings. The predicted molar refractivity (Wildman–Crippen MR) is 42.8 cm³/mol. The van der Waals surface area contributed by atoms with Gasteiger partial charge in [-0.2, -0.15) is 0 Å².